The SMILES string of the molecule is C=C(/C=C\C(=C/C)OC)CC1SC(=O)NC1=O.Cc1c(C)c2c(c(C)c1O)CCC(C)O2. The van der Waals surface area contributed by atoms with E-state index in [-0.39, 0.29) is 16.4 Å². The van der Waals surface area contributed by atoms with E-state index >= 15 is 0 Å². The maximum atomic E-state index is 11.3. The van der Waals surface area contributed by atoms with E-state index < -0.39 is 0 Å². The molecular weight excluding hydrogens is 426 g/mol. The zero-order valence-electron chi connectivity index (χ0n) is 19.7. The summed E-state index contributed by atoms with van der Waals surface area (Å²) in [6.45, 7) is 13.7. The Morgan fingerprint density at radius 3 is 2.50 bits per heavy atom. The fourth-order valence-corrected chi connectivity index (χ4v) is 4.43. The highest BCUT2D eigenvalue weighted by atomic mass is 32.2. The van der Waals surface area contributed by atoms with Crippen molar-refractivity contribution in [2.75, 3.05) is 7.11 Å². The smallest absolute Gasteiger partial charge is 0.286 e. The van der Waals surface area contributed by atoms with Gasteiger partial charge in [0.25, 0.3) is 5.24 Å². The molecule has 1 aromatic rings. The molecule has 1 saturated heterocycles. The predicted octanol–water partition coefficient (Wildman–Crippen LogP) is 5.42. The number of hydrogen-bond acceptors (Lipinski definition) is 6. The van der Waals surface area contributed by atoms with E-state index in [1.165, 1.54) is 5.56 Å². The average molecular weight is 460 g/mol. The van der Waals surface area contributed by atoms with Gasteiger partial charge in [-0.05, 0) is 82.7 Å². The molecule has 0 radical (unpaired) electrons. The van der Waals surface area contributed by atoms with Gasteiger partial charge in [0.2, 0.25) is 5.91 Å². The Labute approximate surface area is 194 Å². The first-order valence-electron chi connectivity index (χ1n) is 10.6. The second kappa shape index (κ2) is 11.3. The second-order valence-electron chi connectivity index (χ2n) is 7.97. The second-order valence-corrected chi connectivity index (χ2v) is 9.15. The maximum absolute atomic E-state index is 11.3. The third-order valence-electron chi connectivity index (χ3n) is 5.68. The Morgan fingerprint density at radius 1 is 1.25 bits per heavy atom. The summed E-state index contributed by atoms with van der Waals surface area (Å²) in [7, 11) is 1.58. The number of rotatable bonds is 5. The normalized spacial score (nSPS) is 20.2. The van der Waals surface area contributed by atoms with E-state index in [0.29, 0.717) is 18.3 Å². The number of phenols is 1. The van der Waals surface area contributed by atoms with Crippen LogP contribution < -0.4 is 10.1 Å². The minimum atomic E-state index is -0.365. The van der Waals surface area contributed by atoms with Crippen molar-refractivity contribution in [3.63, 3.8) is 0 Å². The van der Waals surface area contributed by atoms with E-state index in [1.54, 1.807) is 19.3 Å². The summed E-state index contributed by atoms with van der Waals surface area (Å²) in [5.41, 5.74) is 4.98. The van der Waals surface area contributed by atoms with Crippen LogP contribution in [-0.4, -0.2) is 34.7 Å². The number of nitrogens with one attached hydrogen (secondary N) is 1. The van der Waals surface area contributed by atoms with Crippen LogP contribution in [0.5, 0.6) is 11.5 Å². The number of fused-ring (bicyclic) bond motifs is 1. The number of imide groups is 1. The highest BCUT2D eigenvalue weighted by Gasteiger charge is 2.31. The molecule has 174 valence electrons. The highest BCUT2D eigenvalue weighted by Crippen LogP contribution is 2.40. The van der Waals surface area contributed by atoms with Crippen molar-refractivity contribution in [2.24, 2.45) is 0 Å². The fourth-order valence-electron chi connectivity index (χ4n) is 3.55. The molecule has 2 N–H and O–H groups in total. The highest BCUT2D eigenvalue weighted by molar-refractivity contribution is 8.15. The van der Waals surface area contributed by atoms with Crippen molar-refractivity contribution >= 4 is 22.9 Å². The van der Waals surface area contributed by atoms with Gasteiger partial charge in [0.15, 0.2) is 0 Å². The van der Waals surface area contributed by atoms with Gasteiger partial charge < -0.3 is 14.6 Å². The third kappa shape index (κ3) is 6.19. The quantitative estimate of drug-likeness (QED) is 0.452. The van der Waals surface area contributed by atoms with Crippen LogP contribution in [0.25, 0.3) is 0 Å². The fraction of sp³-hybridized carbons (Fsp3) is 0.440. The molecule has 2 heterocycles. The number of allylic oxidation sites excluding steroid dienone is 4. The van der Waals surface area contributed by atoms with Crippen LogP contribution >= 0.6 is 11.8 Å². The van der Waals surface area contributed by atoms with Gasteiger partial charge in [-0.1, -0.05) is 30.0 Å². The van der Waals surface area contributed by atoms with Crippen molar-refractivity contribution in [1.82, 2.24) is 5.32 Å². The van der Waals surface area contributed by atoms with Crippen LogP contribution in [0.4, 0.5) is 4.79 Å². The zero-order valence-corrected chi connectivity index (χ0v) is 20.5. The number of phenolic OH excluding ortho intramolecular Hbond substituents is 1. The first-order valence-corrected chi connectivity index (χ1v) is 11.5. The molecule has 32 heavy (non-hydrogen) atoms. The van der Waals surface area contributed by atoms with Gasteiger partial charge in [0, 0.05) is 5.56 Å². The van der Waals surface area contributed by atoms with E-state index in [9.17, 15) is 14.7 Å². The number of carbonyl (C=O) groups excluding carboxylic acids is 2. The number of methoxy groups -OCH3 is 1. The first-order chi connectivity index (χ1) is 15.1. The Balaban J connectivity index is 0.000000228. The molecule has 6 nitrogen and oxygen atoms in total. The lowest BCUT2D eigenvalue weighted by Crippen LogP contribution is -2.24. The Bertz CT molecular complexity index is 964. The van der Waals surface area contributed by atoms with Crippen molar-refractivity contribution in [3.05, 3.63) is 58.4 Å². The molecular formula is C25H33NO5S. The summed E-state index contributed by atoms with van der Waals surface area (Å²) >= 11 is 1.01. The Hall–Kier alpha value is -2.67. The molecule has 2 atom stereocenters. The molecule has 1 fully saturated rings. The minimum Gasteiger partial charge on any atom is -0.507 e. The monoisotopic (exact) mass is 459 g/mol. The van der Waals surface area contributed by atoms with Gasteiger partial charge in [0.1, 0.15) is 17.3 Å². The van der Waals surface area contributed by atoms with E-state index in [4.69, 9.17) is 9.47 Å². The van der Waals surface area contributed by atoms with E-state index in [1.807, 2.05) is 33.8 Å². The lowest BCUT2D eigenvalue weighted by molar-refractivity contribution is -0.118. The maximum Gasteiger partial charge on any atom is 0.286 e. The Morgan fingerprint density at radius 2 is 1.94 bits per heavy atom. The van der Waals surface area contributed by atoms with Gasteiger partial charge in [-0.15, -0.1) is 0 Å². The first kappa shape index (κ1) is 25.6. The summed E-state index contributed by atoms with van der Waals surface area (Å²) in [6.07, 6.45) is 8.19. The summed E-state index contributed by atoms with van der Waals surface area (Å²) in [5, 5.41) is 11.5. The summed E-state index contributed by atoms with van der Waals surface area (Å²) in [6, 6.07) is 0. The number of carbonyl (C=O) groups is 2. The van der Waals surface area contributed by atoms with Gasteiger partial charge in [-0.25, -0.2) is 0 Å². The zero-order chi connectivity index (χ0) is 24.0. The molecule has 0 bridgehead atoms. The van der Waals surface area contributed by atoms with Gasteiger partial charge in [-0.3, -0.25) is 14.9 Å². The molecule has 0 aliphatic carbocycles. The minimum absolute atomic E-state index is 0.243. The number of aromatic hydroxyl groups is 1. The van der Waals surface area contributed by atoms with Crippen molar-refractivity contribution < 1.29 is 24.2 Å². The molecule has 0 saturated carbocycles. The topological polar surface area (TPSA) is 84.9 Å². The average Bonchev–Trinajstić information content (AvgIpc) is 3.08. The third-order valence-corrected chi connectivity index (χ3v) is 6.66. The van der Waals surface area contributed by atoms with Crippen LogP contribution in [0, 0.1) is 20.8 Å². The van der Waals surface area contributed by atoms with Crippen LogP contribution in [0.15, 0.2) is 36.1 Å². The molecule has 2 aliphatic heterocycles. The Kier molecular flexibility index (Phi) is 9.01. The predicted molar refractivity (Wildman–Crippen MR) is 129 cm³/mol. The van der Waals surface area contributed by atoms with Gasteiger partial charge in [0.05, 0.1) is 18.5 Å². The lowest BCUT2D eigenvalue weighted by Gasteiger charge is -2.27. The van der Waals surface area contributed by atoms with E-state index in [0.717, 1.165) is 58.4 Å². The summed E-state index contributed by atoms with van der Waals surface area (Å²) in [5.74, 6) is 1.92. The largest absolute Gasteiger partial charge is 0.507 e. The number of benzene rings is 1. The number of amides is 2. The standard InChI is InChI=1S/C13H18O2.C12H15NO3S/c1-7-5-6-11-10(4)12(14)8(2)9(3)13(11)15-7;1-4-9(16-3)6-5-8(2)7-10-11(14)13-12(15)17-10/h7,14H,5-6H2,1-4H3;4-6,10H,2,7H2,1,3H3,(H,13,14,15)/b;6-5-,9-4+. The molecule has 0 spiro atoms. The summed E-state index contributed by atoms with van der Waals surface area (Å²) in [4.78, 5) is 22.3. The number of thioether (sulfide) groups is 1. The lowest BCUT2D eigenvalue weighted by atomic mass is 9.92. The molecule has 3 rings (SSSR count). The van der Waals surface area contributed by atoms with Crippen LogP contribution in [0.1, 0.15) is 48.9 Å². The van der Waals surface area contributed by atoms with Crippen LogP contribution in [0.2, 0.25) is 0 Å². The van der Waals surface area contributed by atoms with Crippen molar-refractivity contribution in [1.29, 1.82) is 0 Å². The van der Waals surface area contributed by atoms with Crippen molar-refractivity contribution in [2.45, 2.75) is 65.2 Å². The van der Waals surface area contributed by atoms with Gasteiger partial charge in [-0.2, -0.15) is 0 Å². The molecule has 2 unspecified atom stereocenters. The van der Waals surface area contributed by atoms with E-state index in [2.05, 4.69) is 18.8 Å². The van der Waals surface area contributed by atoms with Crippen molar-refractivity contribution in [3.8, 4) is 11.5 Å². The molecule has 1 aromatic carbocycles. The summed E-state index contributed by atoms with van der Waals surface area (Å²) < 4.78 is 10.9. The number of ether oxygens (including phenoxy) is 2. The van der Waals surface area contributed by atoms with Crippen LogP contribution in [0.3, 0.4) is 0 Å². The molecule has 0 aromatic heterocycles. The van der Waals surface area contributed by atoms with Crippen LogP contribution in [-0.2, 0) is 16.0 Å². The molecule has 2 amide bonds. The number of hydrogen-bond donors (Lipinski definition) is 2. The van der Waals surface area contributed by atoms with Gasteiger partial charge >= 0.3 is 0 Å². The molecule has 7 heteroatoms. The molecule has 2 aliphatic rings.